The van der Waals surface area contributed by atoms with Gasteiger partial charge in [0.25, 0.3) is 11.5 Å². The Kier molecular flexibility index (Phi) is 5.44. The van der Waals surface area contributed by atoms with Gasteiger partial charge in [-0.2, -0.15) is 11.3 Å². The summed E-state index contributed by atoms with van der Waals surface area (Å²) in [6.45, 7) is 0.533. The fourth-order valence-corrected chi connectivity index (χ4v) is 3.96. The molecule has 4 rings (SSSR count). The van der Waals surface area contributed by atoms with Crippen molar-refractivity contribution < 1.29 is 9.53 Å². The summed E-state index contributed by atoms with van der Waals surface area (Å²) in [6, 6.07) is 16.4. The van der Waals surface area contributed by atoms with Crippen LogP contribution in [0.25, 0.3) is 16.5 Å². The highest BCUT2D eigenvalue weighted by atomic mass is 32.1. The molecule has 2 aromatic carbocycles. The average molecular weight is 404 g/mol. The van der Waals surface area contributed by atoms with Gasteiger partial charge in [-0.15, -0.1) is 0 Å². The first kappa shape index (κ1) is 19.0. The highest BCUT2D eigenvalue weighted by molar-refractivity contribution is 7.07. The molecule has 0 saturated carbocycles. The van der Waals surface area contributed by atoms with Gasteiger partial charge in [0.05, 0.1) is 12.7 Å². The Balaban J connectivity index is 1.71. The lowest BCUT2D eigenvalue weighted by molar-refractivity contribution is 0.0955. The van der Waals surface area contributed by atoms with Crippen LogP contribution in [0, 0.1) is 0 Å². The number of aromatic nitrogens is 1. The molecule has 2 aromatic heterocycles. The van der Waals surface area contributed by atoms with E-state index >= 15 is 0 Å². The Morgan fingerprint density at radius 3 is 2.52 bits per heavy atom. The van der Waals surface area contributed by atoms with Crippen molar-refractivity contribution in [3.63, 3.8) is 0 Å². The van der Waals surface area contributed by atoms with Crippen molar-refractivity contribution in [2.45, 2.75) is 6.42 Å². The van der Waals surface area contributed by atoms with Gasteiger partial charge >= 0.3 is 0 Å². The monoisotopic (exact) mass is 404 g/mol. The maximum absolute atomic E-state index is 13.0. The third kappa shape index (κ3) is 3.93. The van der Waals surface area contributed by atoms with E-state index < -0.39 is 0 Å². The van der Waals surface area contributed by atoms with E-state index in [1.165, 1.54) is 10.1 Å². The molecule has 0 saturated heterocycles. The number of nitrogens with one attached hydrogen (secondary N) is 1. The van der Waals surface area contributed by atoms with Crippen LogP contribution in [-0.4, -0.2) is 24.1 Å². The van der Waals surface area contributed by atoms with E-state index in [-0.39, 0.29) is 11.5 Å². The zero-order chi connectivity index (χ0) is 20.2. The van der Waals surface area contributed by atoms with E-state index in [0.29, 0.717) is 34.3 Å². The van der Waals surface area contributed by atoms with Gasteiger partial charge in [-0.25, -0.2) is 0 Å². The predicted molar refractivity (Wildman–Crippen MR) is 116 cm³/mol. The van der Waals surface area contributed by atoms with Gasteiger partial charge in [-0.3, -0.25) is 14.2 Å². The number of benzene rings is 2. The molecule has 1 amide bonds. The maximum Gasteiger partial charge on any atom is 0.262 e. The lowest BCUT2D eigenvalue weighted by Crippen LogP contribution is -2.28. The number of methoxy groups -OCH3 is 1. The molecule has 0 fully saturated rings. The van der Waals surface area contributed by atoms with Crippen LogP contribution in [0.3, 0.4) is 0 Å². The van der Waals surface area contributed by atoms with Crippen LogP contribution in [0.4, 0.5) is 0 Å². The lowest BCUT2D eigenvalue weighted by Gasteiger charge is -2.13. The lowest BCUT2D eigenvalue weighted by atomic mass is 10.1. The van der Waals surface area contributed by atoms with E-state index in [1.807, 2.05) is 17.5 Å². The molecule has 1 N–H and O–H groups in total. The number of carbonyl (C=O) groups is 1. The van der Waals surface area contributed by atoms with Crippen molar-refractivity contribution in [1.82, 2.24) is 9.88 Å². The summed E-state index contributed by atoms with van der Waals surface area (Å²) in [5.74, 6) is 0.507. The molecule has 5 nitrogen and oxygen atoms in total. The fourth-order valence-electron chi connectivity index (χ4n) is 3.26. The fraction of sp³-hybridized carbons (Fsp3) is 0.130. The predicted octanol–water partition coefficient (Wildman–Crippen LogP) is 4.03. The molecular formula is C23H20N2O3S. The summed E-state index contributed by atoms with van der Waals surface area (Å²) >= 11 is 1.64. The Morgan fingerprint density at radius 1 is 1.07 bits per heavy atom. The van der Waals surface area contributed by atoms with E-state index in [0.717, 1.165) is 6.42 Å². The number of thiophene rings is 1. The van der Waals surface area contributed by atoms with Gasteiger partial charge < -0.3 is 10.1 Å². The summed E-state index contributed by atoms with van der Waals surface area (Å²) in [7, 11) is 1.59. The second-order valence-electron chi connectivity index (χ2n) is 6.60. The quantitative estimate of drug-likeness (QED) is 0.528. The van der Waals surface area contributed by atoms with Crippen molar-refractivity contribution in [1.29, 1.82) is 0 Å². The molecule has 2 heterocycles. The minimum atomic E-state index is -0.196. The van der Waals surface area contributed by atoms with Gasteiger partial charge in [-0.1, -0.05) is 18.2 Å². The summed E-state index contributed by atoms with van der Waals surface area (Å²) in [5, 5.41) is 8.23. The molecule has 0 unspecified atom stereocenters. The number of rotatable bonds is 6. The number of carbonyl (C=O) groups excluding carboxylic acids is 1. The first-order valence-electron chi connectivity index (χ1n) is 9.25. The zero-order valence-corrected chi connectivity index (χ0v) is 16.7. The molecule has 0 aliphatic carbocycles. The van der Waals surface area contributed by atoms with Gasteiger partial charge in [0, 0.05) is 29.2 Å². The standard InChI is InChI=1S/C23H20N2O3S/c1-28-18-8-6-17(7-9-18)25-14-21(19-4-2-3-5-20(19)23(25)27)22(26)24-12-10-16-11-13-29-15-16/h2-9,11,13-15H,10,12H2,1H3,(H,24,26). The van der Waals surface area contributed by atoms with Crippen molar-refractivity contribution in [3.8, 4) is 11.4 Å². The Morgan fingerprint density at radius 2 is 1.83 bits per heavy atom. The first-order valence-corrected chi connectivity index (χ1v) is 10.2. The SMILES string of the molecule is COc1ccc(-n2cc(C(=O)NCCc3ccsc3)c3ccccc3c2=O)cc1. The highest BCUT2D eigenvalue weighted by Gasteiger charge is 2.15. The first-order chi connectivity index (χ1) is 14.2. The van der Waals surface area contributed by atoms with Crippen LogP contribution in [0.15, 0.2) is 76.3 Å². The van der Waals surface area contributed by atoms with Gasteiger partial charge in [0.15, 0.2) is 0 Å². The molecular weight excluding hydrogens is 384 g/mol. The number of pyridine rings is 1. The zero-order valence-electron chi connectivity index (χ0n) is 15.9. The number of hydrogen-bond donors (Lipinski definition) is 1. The Labute approximate surface area is 172 Å². The molecule has 0 aliphatic rings. The van der Waals surface area contributed by atoms with Crippen molar-refractivity contribution in [2.75, 3.05) is 13.7 Å². The number of nitrogens with zero attached hydrogens (tertiary/aromatic N) is 1. The molecule has 6 heteroatoms. The van der Waals surface area contributed by atoms with E-state index in [9.17, 15) is 9.59 Å². The molecule has 0 radical (unpaired) electrons. The topological polar surface area (TPSA) is 60.3 Å². The summed E-state index contributed by atoms with van der Waals surface area (Å²) in [5.41, 5.74) is 2.18. The molecule has 29 heavy (non-hydrogen) atoms. The van der Waals surface area contributed by atoms with Crippen LogP contribution in [0.2, 0.25) is 0 Å². The average Bonchev–Trinajstić information content (AvgIpc) is 3.28. The Hall–Kier alpha value is -3.38. The molecule has 0 spiro atoms. The summed E-state index contributed by atoms with van der Waals surface area (Å²) in [4.78, 5) is 26.0. The minimum Gasteiger partial charge on any atom is -0.497 e. The van der Waals surface area contributed by atoms with Crippen molar-refractivity contribution in [2.24, 2.45) is 0 Å². The molecule has 0 aliphatic heterocycles. The normalized spacial score (nSPS) is 10.8. The van der Waals surface area contributed by atoms with Gasteiger partial charge in [0.1, 0.15) is 5.75 Å². The molecule has 146 valence electrons. The largest absolute Gasteiger partial charge is 0.497 e. The molecule has 4 aromatic rings. The maximum atomic E-state index is 13.0. The van der Waals surface area contributed by atoms with Gasteiger partial charge in [-0.05, 0) is 59.1 Å². The second-order valence-corrected chi connectivity index (χ2v) is 7.38. The molecule has 0 bridgehead atoms. The summed E-state index contributed by atoms with van der Waals surface area (Å²) < 4.78 is 6.70. The number of fused-ring (bicyclic) bond motifs is 1. The number of ether oxygens (including phenoxy) is 1. The van der Waals surface area contributed by atoms with Crippen molar-refractivity contribution >= 4 is 28.0 Å². The van der Waals surface area contributed by atoms with Crippen molar-refractivity contribution in [3.05, 3.63) is 93.0 Å². The number of hydrogen-bond acceptors (Lipinski definition) is 4. The van der Waals surface area contributed by atoms with Crippen LogP contribution in [0.5, 0.6) is 5.75 Å². The number of amides is 1. The second kappa shape index (κ2) is 8.32. The van der Waals surface area contributed by atoms with Crippen LogP contribution in [-0.2, 0) is 6.42 Å². The van der Waals surface area contributed by atoms with Gasteiger partial charge in [0.2, 0.25) is 0 Å². The van der Waals surface area contributed by atoms with Crippen LogP contribution >= 0.6 is 11.3 Å². The van der Waals surface area contributed by atoms with E-state index in [4.69, 9.17) is 4.74 Å². The Bertz CT molecular complexity index is 1200. The third-order valence-corrected chi connectivity index (χ3v) is 5.53. The van der Waals surface area contributed by atoms with E-state index in [1.54, 1.807) is 61.0 Å². The minimum absolute atomic E-state index is 0.166. The van der Waals surface area contributed by atoms with E-state index in [2.05, 4.69) is 16.8 Å². The van der Waals surface area contributed by atoms with Crippen LogP contribution < -0.4 is 15.6 Å². The highest BCUT2D eigenvalue weighted by Crippen LogP contribution is 2.19. The summed E-state index contributed by atoms with van der Waals surface area (Å²) in [6.07, 6.45) is 2.39. The smallest absolute Gasteiger partial charge is 0.262 e. The molecule has 0 atom stereocenters. The van der Waals surface area contributed by atoms with Crippen LogP contribution in [0.1, 0.15) is 15.9 Å². The third-order valence-electron chi connectivity index (χ3n) is 4.80.